The highest BCUT2D eigenvalue weighted by molar-refractivity contribution is 6.31. The van der Waals surface area contributed by atoms with Gasteiger partial charge in [-0.25, -0.2) is 4.68 Å². The highest BCUT2D eigenvalue weighted by Crippen LogP contribution is 2.30. The van der Waals surface area contributed by atoms with Gasteiger partial charge in [0.05, 0.1) is 35.2 Å². The van der Waals surface area contributed by atoms with E-state index < -0.39 is 4.92 Å². The average molecular weight is 428 g/mol. The van der Waals surface area contributed by atoms with Crippen LogP contribution in [0.15, 0.2) is 54.7 Å². The lowest BCUT2D eigenvalue weighted by atomic mass is 10.2. The lowest BCUT2D eigenvalue weighted by Gasteiger charge is -2.30. The van der Waals surface area contributed by atoms with Crippen LogP contribution in [-0.2, 0) is 4.74 Å². The van der Waals surface area contributed by atoms with Crippen molar-refractivity contribution in [1.82, 2.24) is 9.78 Å². The van der Waals surface area contributed by atoms with Crippen LogP contribution in [0.25, 0.3) is 5.69 Å². The van der Waals surface area contributed by atoms with E-state index in [2.05, 4.69) is 15.3 Å². The van der Waals surface area contributed by atoms with Gasteiger partial charge in [-0.2, -0.15) is 5.10 Å². The molecule has 1 N–H and O–H groups in total. The Kier molecular flexibility index (Phi) is 5.64. The van der Waals surface area contributed by atoms with Crippen molar-refractivity contribution in [2.24, 2.45) is 0 Å². The van der Waals surface area contributed by atoms with E-state index in [9.17, 15) is 14.9 Å². The molecule has 3 aromatic rings. The first-order valence-electron chi connectivity index (χ1n) is 9.25. The number of amides is 1. The number of non-ortho nitro benzene ring substituents is 1. The second kappa shape index (κ2) is 8.52. The smallest absolute Gasteiger partial charge is 0.276 e. The van der Waals surface area contributed by atoms with Gasteiger partial charge < -0.3 is 15.0 Å². The van der Waals surface area contributed by atoms with Gasteiger partial charge in [0.1, 0.15) is 0 Å². The van der Waals surface area contributed by atoms with Crippen molar-refractivity contribution in [2.45, 2.75) is 0 Å². The number of anilines is 2. The Morgan fingerprint density at radius 3 is 2.57 bits per heavy atom. The lowest BCUT2D eigenvalue weighted by Crippen LogP contribution is -2.36. The van der Waals surface area contributed by atoms with Crippen molar-refractivity contribution in [3.8, 4) is 5.69 Å². The van der Waals surface area contributed by atoms with E-state index in [4.69, 9.17) is 16.3 Å². The molecule has 0 spiro atoms. The van der Waals surface area contributed by atoms with Gasteiger partial charge in [0, 0.05) is 36.4 Å². The van der Waals surface area contributed by atoms with Gasteiger partial charge in [0.2, 0.25) is 0 Å². The number of nitrogens with zero attached hydrogens (tertiary/aromatic N) is 4. The largest absolute Gasteiger partial charge is 0.378 e. The predicted octanol–water partition coefficient (Wildman–Crippen LogP) is 3.52. The maximum absolute atomic E-state index is 12.8. The molecule has 154 valence electrons. The van der Waals surface area contributed by atoms with Crippen molar-refractivity contribution in [2.75, 3.05) is 36.5 Å². The molecule has 2 aromatic carbocycles. The molecule has 0 unspecified atom stereocenters. The van der Waals surface area contributed by atoms with Crippen LogP contribution in [-0.4, -0.2) is 46.9 Å². The van der Waals surface area contributed by atoms with E-state index in [1.54, 1.807) is 36.5 Å². The number of morpholine rings is 1. The lowest BCUT2D eigenvalue weighted by molar-refractivity contribution is -0.384. The molecule has 0 atom stereocenters. The molecule has 10 heteroatoms. The summed E-state index contributed by atoms with van der Waals surface area (Å²) < 4.78 is 6.88. The minimum atomic E-state index is -0.469. The van der Waals surface area contributed by atoms with Gasteiger partial charge in [-0.1, -0.05) is 11.6 Å². The number of rotatable bonds is 5. The zero-order chi connectivity index (χ0) is 21.1. The maximum Gasteiger partial charge on any atom is 0.276 e. The Labute approximate surface area is 177 Å². The van der Waals surface area contributed by atoms with Gasteiger partial charge in [0.15, 0.2) is 5.69 Å². The van der Waals surface area contributed by atoms with Crippen LogP contribution in [0.1, 0.15) is 10.5 Å². The maximum atomic E-state index is 12.8. The van der Waals surface area contributed by atoms with Crippen LogP contribution in [0.4, 0.5) is 17.1 Å². The van der Waals surface area contributed by atoms with Gasteiger partial charge >= 0.3 is 0 Å². The van der Waals surface area contributed by atoms with Crippen LogP contribution in [0.2, 0.25) is 5.02 Å². The van der Waals surface area contributed by atoms with Crippen LogP contribution in [0.3, 0.4) is 0 Å². The molecule has 9 nitrogen and oxygen atoms in total. The highest BCUT2D eigenvalue weighted by atomic mass is 35.5. The number of carbonyl (C=O) groups excluding carboxylic acids is 1. The van der Waals surface area contributed by atoms with Crippen molar-refractivity contribution in [3.05, 3.63) is 75.6 Å². The van der Waals surface area contributed by atoms with Gasteiger partial charge in [0.25, 0.3) is 11.6 Å². The first-order valence-corrected chi connectivity index (χ1v) is 9.63. The number of nitro benzene ring substituents is 1. The first kappa shape index (κ1) is 19.9. The molecule has 1 amide bonds. The van der Waals surface area contributed by atoms with Gasteiger partial charge in [-0.3, -0.25) is 14.9 Å². The second-order valence-corrected chi connectivity index (χ2v) is 7.07. The molecule has 1 aliphatic rings. The summed E-state index contributed by atoms with van der Waals surface area (Å²) in [7, 11) is 0. The number of nitro groups is 1. The van der Waals surface area contributed by atoms with Gasteiger partial charge in [-0.15, -0.1) is 0 Å². The Morgan fingerprint density at radius 1 is 1.13 bits per heavy atom. The van der Waals surface area contributed by atoms with Crippen LogP contribution < -0.4 is 10.2 Å². The zero-order valence-electron chi connectivity index (χ0n) is 15.8. The molecule has 0 radical (unpaired) electrons. The molecule has 0 saturated carbocycles. The Hall–Kier alpha value is -3.43. The van der Waals surface area contributed by atoms with E-state index in [0.717, 1.165) is 18.8 Å². The third kappa shape index (κ3) is 4.27. The Balaban J connectivity index is 1.53. The highest BCUT2D eigenvalue weighted by Gasteiger charge is 2.18. The van der Waals surface area contributed by atoms with Crippen molar-refractivity contribution in [1.29, 1.82) is 0 Å². The molecular formula is C20H18ClN5O4. The molecule has 4 rings (SSSR count). The van der Waals surface area contributed by atoms with E-state index in [1.165, 1.54) is 16.8 Å². The van der Waals surface area contributed by atoms with Crippen LogP contribution in [0, 0.1) is 10.1 Å². The molecule has 0 bridgehead atoms. The minimum absolute atomic E-state index is 0.0135. The predicted molar refractivity (Wildman–Crippen MR) is 113 cm³/mol. The van der Waals surface area contributed by atoms with E-state index >= 15 is 0 Å². The number of ether oxygens (including phenoxy) is 1. The summed E-state index contributed by atoms with van der Waals surface area (Å²) in [4.78, 5) is 25.2. The van der Waals surface area contributed by atoms with Crippen molar-refractivity contribution >= 4 is 34.6 Å². The SMILES string of the molecule is O=C(Nc1cc(Cl)ccc1N1CCOCC1)c1ccn(-c2ccc([N+](=O)[O-])cc2)n1. The van der Waals surface area contributed by atoms with Gasteiger partial charge in [-0.05, 0) is 36.4 Å². The molecular weight excluding hydrogens is 410 g/mol. The molecule has 1 fully saturated rings. The van der Waals surface area contributed by atoms with Crippen molar-refractivity contribution in [3.63, 3.8) is 0 Å². The summed E-state index contributed by atoms with van der Waals surface area (Å²) in [6.45, 7) is 2.68. The number of nitrogens with one attached hydrogen (secondary N) is 1. The molecule has 1 aliphatic heterocycles. The summed E-state index contributed by atoms with van der Waals surface area (Å²) >= 11 is 6.14. The fraction of sp³-hybridized carbons (Fsp3) is 0.200. The summed E-state index contributed by atoms with van der Waals surface area (Å²) in [6, 6.07) is 12.9. The summed E-state index contributed by atoms with van der Waals surface area (Å²) in [5.74, 6) is -0.382. The molecule has 0 aliphatic carbocycles. The molecule has 1 aromatic heterocycles. The van der Waals surface area contributed by atoms with Crippen molar-refractivity contribution < 1.29 is 14.5 Å². The topological polar surface area (TPSA) is 103 Å². The second-order valence-electron chi connectivity index (χ2n) is 6.63. The summed E-state index contributed by atoms with van der Waals surface area (Å²) in [5, 5.41) is 18.5. The van der Waals surface area contributed by atoms with E-state index in [1.807, 2.05) is 6.07 Å². The van der Waals surface area contributed by atoms with E-state index in [0.29, 0.717) is 29.6 Å². The Morgan fingerprint density at radius 2 is 1.87 bits per heavy atom. The average Bonchev–Trinajstić information content (AvgIpc) is 3.25. The van der Waals surface area contributed by atoms with Crippen LogP contribution in [0.5, 0.6) is 0 Å². The normalized spacial score (nSPS) is 13.8. The quantitative estimate of drug-likeness (QED) is 0.493. The fourth-order valence-electron chi connectivity index (χ4n) is 3.19. The number of benzene rings is 2. The number of hydrogen-bond donors (Lipinski definition) is 1. The molecule has 1 saturated heterocycles. The van der Waals surface area contributed by atoms with E-state index in [-0.39, 0.29) is 17.3 Å². The fourth-order valence-corrected chi connectivity index (χ4v) is 3.36. The van der Waals surface area contributed by atoms with Crippen LogP contribution >= 0.6 is 11.6 Å². The molecule has 2 heterocycles. The number of carbonyl (C=O) groups is 1. The molecule has 30 heavy (non-hydrogen) atoms. The number of hydrogen-bond acceptors (Lipinski definition) is 6. The number of aromatic nitrogens is 2. The zero-order valence-corrected chi connectivity index (χ0v) is 16.6. The summed E-state index contributed by atoms with van der Waals surface area (Å²) in [6.07, 6.45) is 1.62. The summed E-state index contributed by atoms with van der Waals surface area (Å²) in [5.41, 5.74) is 2.27. The third-order valence-electron chi connectivity index (χ3n) is 4.71. The monoisotopic (exact) mass is 427 g/mol. The number of halogens is 1. The Bertz CT molecular complexity index is 1080. The standard InChI is InChI=1S/C20H18ClN5O4/c21-14-1-6-19(24-9-11-30-12-10-24)18(13-14)22-20(27)17-7-8-25(23-17)15-2-4-16(5-3-15)26(28)29/h1-8,13H,9-12H2,(H,22,27). The third-order valence-corrected chi connectivity index (χ3v) is 4.94. The first-order chi connectivity index (χ1) is 14.5. The minimum Gasteiger partial charge on any atom is -0.378 e.